The normalized spacial score (nSPS) is 20.8. The Morgan fingerprint density at radius 2 is 1.80 bits per heavy atom. The highest BCUT2D eigenvalue weighted by Crippen LogP contribution is 2.25. The van der Waals surface area contributed by atoms with E-state index in [-0.39, 0.29) is 16.7 Å². The average molecular weight is 363 g/mol. The number of likely N-dealkylation sites (tertiary alicyclic amines) is 1. The smallest absolute Gasteiger partial charge is 0.283 e. The predicted octanol–water partition coefficient (Wildman–Crippen LogP) is 3.02. The maximum absolute atomic E-state index is 12.4. The van der Waals surface area contributed by atoms with E-state index in [1.54, 1.807) is 12.1 Å². The Morgan fingerprint density at radius 3 is 2.40 bits per heavy atom. The summed E-state index contributed by atoms with van der Waals surface area (Å²) in [5.41, 5.74) is 0.625. The van der Waals surface area contributed by atoms with Gasteiger partial charge < -0.3 is 10.2 Å². The molecule has 1 heterocycles. The number of amides is 1. The second kappa shape index (κ2) is 7.56. The van der Waals surface area contributed by atoms with Gasteiger partial charge in [-0.2, -0.15) is 8.42 Å². The number of carbonyl (C=O) groups excluding carboxylic acids is 1. The van der Waals surface area contributed by atoms with Crippen molar-refractivity contribution in [3.8, 4) is 0 Å². The largest absolute Gasteiger partial charge is 0.362 e. The SMILES string of the molecule is CN1CCC/C1=N\S(=O)(=O)c1ccc(NC(=O)C2CCCCC2)cc1. The van der Waals surface area contributed by atoms with Gasteiger partial charge in [-0.25, -0.2) is 0 Å². The fraction of sp³-hybridized carbons (Fsp3) is 0.556. The van der Waals surface area contributed by atoms with Gasteiger partial charge in [0.05, 0.1) is 4.90 Å². The molecule has 1 aromatic rings. The molecule has 0 bridgehead atoms. The maximum Gasteiger partial charge on any atom is 0.283 e. The quantitative estimate of drug-likeness (QED) is 0.892. The third-order valence-corrected chi connectivity index (χ3v) is 6.27. The molecule has 0 radical (unpaired) electrons. The van der Waals surface area contributed by atoms with E-state index in [9.17, 15) is 13.2 Å². The highest BCUT2D eigenvalue weighted by molar-refractivity contribution is 7.90. The summed E-state index contributed by atoms with van der Waals surface area (Å²) in [6, 6.07) is 6.27. The van der Waals surface area contributed by atoms with Crippen molar-refractivity contribution < 1.29 is 13.2 Å². The van der Waals surface area contributed by atoms with Crippen LogP contribution >= 0.6 is 0 Å². The van der Waals surface area contributed by atoms with Crippen molar-refractivity contribution in [3.05, 3.63) is 24.3 Å². The number of nitrogens with one attached hydrogen (secondary N) is 1. The molecule has 2 fully saturated rings. The minimum Gasteiger partial charge on any atom is -0.362 e. The van der Waals surface area contributed by atoms with Crippen molar-refractivity contribution >= 4 is 27.5 Å². The molecule has 1 amide bonds. The van der Waals surface area contributed by atoms with Gasteiger partial charge in [-0.1, -0.05) is 19.3 Å². The molecule has 1 saturated heterocycles. The summed E-state index contributed by atoms with van der Waals surface area (Å²) in [7, 11) is -1.86. The molecular formula is C18H25N3O3S. The Balaban J connectivity index is 1.68. The molecule has 0 spiro atoms. The summed E-state index contributed by atoms with van der Waals surface area (Å²) in [6.07, 6.45) is 6.89. The minimum atomic E-state index is -3.71. The Bertz CT molecular complexity index is 750. The van der Waals surface area contributed by atoms with Crippen LogP contribution in [-0.4, -0.2) is 38.7 Å². The van der Waals surface area contributed by atoms with Gasteiger partial charge >= 0.3 is 0 Å². The zero-order valence-corrected chi connectivity index (χ0v) is 15.4. The van der Waals surface area contributed by atoms with Gasteiger partial charge in [0.2, 0.25) is 5.91 Å². The van der Waals surface area contributed by atoms with Gasteiger partial charge in [0.25, 0.3) is 10.0 Å². The number of benzene rings is 1. The number of nitrogens with zero attached hydrogens (tertiary/aromatic N) is 2. The van der Waals surface area contributed by atoms with E-state index in [0.29, 0.717) is 17.9 Å². The van der Waals surface area contributed by atoms with E-state index in [1.165, 1.54) is 18.6 Å². The van der Waals surface area contributed by atoms with E-state index in [2.05, 4.69) is 9.71 Å². The summed E-state index contributed by atoms with van der Waals surface area (Å²) >= 11 is 0. The second-order valence-corrected chi connectivity index (χ2v) is 8.46. The number of hydrogen-bond donors (Lipinski definition) is 1. The lowest BCUT2D eigenvalue weighted by molar-refractivity contribution is -0.120. The van der Waals surface area contributed by atoms with Gasteiger partial charge in [-0.15, -0.1) is 4.40 Å². The first-order valence-corrected chi connectivity index (χ1v) is 10.4. The summed E-state index contributed by atoms with van der Waals surface area (Å²) in [4.78, 5) is 14.3. The van der Waals surface area contributed by atoms with Crippen molar-refractivity contribution in [1.29, 1.82) is 0 Å². The van der Waals surface area contributed by atoms with E-state index < -0.39 is 10.0 Å². The molecule has 0 unspecified atom stereocenters. The topological polar surface area (TPSA) is 78.8 Å². The zero-order chi connectivity index (χ0) is 17.9. The van der Waals surface area contributed by atoms with E-state index in [0.717, 1.165) is 38.6 Å². The van der Waals surface area contributed by atoms with E-state index >= 15 is 0 Å². The van der Waals surface area contributed by atoms with Crippen molar-refractivity contribution in [2.24, 2.45) is 10.3 Å². The third-order valence-electron chi connectivity index (χ3n) is 4.96. The lowest BCUT2D eigenvalue weighted by Crippen LogP contribution is -2.24. The van der Waals surface area contributed by atoms with Crippen LogP contribution in [0.1, 0.15) is 44.9 Å². The fourth-order valence-corrected chi connectivity index (χ4v) is 4.51. The second-order valence-electron chi connectivity index (χ2n) is 6.86. The van der Waals surface area contributed by atoms with Crippen molar-refractivity contribution in [1.82, 2.24) is 4.90 Å². The molecule has 0 atom stereocenters. The molecule has 1 aromatic carbocycles. The number of carbonyl (C=O) groups is 1. The lowest BCUT2D eigenvalue weighted by Gasteiger charge is -2.20. The molecule has 1 N–H and O–H groups in total. The Labute approximate surface area is 149 Å². The molecule has 1 aliphatic heterocycles. The summed E-state index contributed by atoms with van der Waals surface area (Å²) < 4.78 is 28.8. The van der Waals surface area contributed by atoms with Crippen LogP contribution < -0.4 is 5.32 Å². The van der Waals surface area contributed by atoms with Crippen LogP contribution in [0.2, 0.25) is 0 Å². The van der Waals surface area contributed by atoms with Crippen molar-refractivity contribution in [3.63, 3.8) is 0 Å². The molecule has 25 heavy (non-hydrogen) atoms. The lowest BCUT2D eigenvalue weighted by atomic mass is 9.88. The van der Waals surface area contributed by atoms with Crippen LogP contribution in [0, 0.1) is 5.92 Å². The third kappa shape index (κ3) is 4.39. The molecule has 0 aromatic heterocycles. The molecule has 7 heteroatoms. The highest BCUT2D eigenvalue weighted by Gasteiger charge is 2.22. The molecule has 1 aliphatic carbocycles. The first kappa shape index (κ1) is 17.9. The number of rotatable bonds is 4. The predicted molar refractivity (Wildman–Crippen MR) is 98.1 cm³/mol. The van der Waals surface area contributed by atoms with Crippen LogP contribution in [-0.2, 0) is 14.8 Å². The minimum absolute atomic E-state index is 0.0307. The first-order valence-electron chi connectivity index (χ1n) is 8.91. The van der Waals surface area contributed by atoms with Crippen molar-refractivity contribution in [2.75, 3.05) is 18.9 Å². The summed E-state index contributed by atoms with van der Waals surface area (Å²) in [5.74, 6) is 0.708. The molecular weight excluding hydrogens is 338 g/mol. The molecule has 2 aliphatic rings. The van der Waals surface area contributed by atoms with Crippen LogP contribution in [0.25, 0.3) is 0 Å². The van der Waals surface area contributed by atoms with Crippen LogP contribution in [0.3, 0.4) is 0 Å². The van der Waals surface area contributed by atoms with Crippen molar-refractivity contribution in [2.45, 2.75) is 49.8 Å². The van der Waals surface area contributed by atoms with Crippen LogP contribution in [0.15, 0.2) is 33.6 Å². The van der Waals surface area contributed by atoms with Gasteiger partial charge in [-0.05, 0) is 43.5 Å². The zero-order valence-electron chi connectivity index (χ0n) is 14.6. The maximum atomic E-state index is 12.4. The number of sulfonamides is 1. The Hall–Kier alpha value is -1.89. The standard InChI is InChI=1S/C18H25N3O3S/c1-21-13-5-8-17(21)20-25(23,24)16-11-9-15(10-12-16)19-18(22)14-6-3-2-4-7-14/h9-12,14H,2-8,13H2,1H3,(H,19,22)/b20-17+. The fourth-order valence-electron chi connectivity index (χ4n) is 3.42. The molecule has 1 saturated carbocycles. The molecule has 136 valence electrons. The molecule has 6 nitrogen and oxygen atoms in total. The molecule has 3 rings (SSSR count). The average Bonchev–Trinajstić information content (AvgIpc) is 3.00. The van der Waals surface area contributed by atoms with Gasteiger partial charge in [0.1, 0.15) is 5.84 Å². The Morgan fingerprint density at radius 1 is 1.12 bits per heavy atom. The number of hydrogen-bond acceptors (Lipinski definition) is 3. The first-order chi connectivity index (χ1) is 12.0. The van der Waals surface area contributed by atoms with Crippen LogP contribution in [0.4, 0.5) is 5.69 Å². The number of anilines is 1. The van der Waals surface area contributed by atoms with E-state index in [1.807, 2.05) is 11.9 Å². The monoisotopic (exact) mass is 363 g/mol. The number of amidine groups is 1. The highest BCUT2D eigenvalue weighted by atomic mass is 32.2. The summed E-state index contributed by atoms with van der Waals surface area (Å²) in [5, 5.41) is 2.89. The summed E-state index contributed by atoms with van der Waals surface area (Å²) in [6.45, 7) is 0.834. The Kier molecular flexibility index (Phi) is 5.42. The van der Waals surface area contributed by atoms with Gasteiger partial charge in [-0.3, -0.25) is 4.79 Å². The van der Waals surface area contributed by atoms with Gasteiger partial charge in [0, 0.05) is 31.6 Å². The van der Waals surface area contributed by atoms with E-state index in [4.69, 9.17) is 0 Å². The van der Waals surface area contributed by atoms with Gasteiger partial charge in [0.15, 0.2) is 0 Å². The van der Waals surface area contributed by atoms with Crippen LogP contribution in [0.5, 0.6) is 0 Å².